The number of nitrogens with one attached hydrogen (secondary N) is 1. The first-order chi connectivity index (χ1) is 15.4. The van der Waals surface area contributed by atoms with Crippen LogP contribution in [0.25, 0.3) is 0 Å². The van der Waals surface area contributed by atoms with E-state index in [1.165, 1.54) is 19.2 Å². The number of aliphatic imine (C=N–C) groups is 1. The first kappa shape index (κ1) is 21.7. The topological polar surface area (TPSA) is 77.0 Å². The van der Waals surface area contributed by atoms with Crippen LogP contribution >= 0.6 is 0 Å². The number of hydrogen-bond donors (Lipinski definition) is 1. The lowest BCUT2D eigenvalue weighted by molar-refractivity contribution is -0.119. The Kier molecular flexibility index (Phi) is 6.08. The van der Waals surface area contributed by atoms with Gasteiger partial charge in [-0.2, -0.15) is 0 Å². The predicted octanol–water partition coefficient (Wildman–Crippen LogP) is 4.66. The van der Waals surface area contributed by atoms with Gasteiger partial charge in [0, 0.05) is 29.3 Å². The van der Waals surface area contributed by atoms with Gasteiger partial charge >= 0.3 is 0 Å². The molecule has 7 heteroatoms. The molecular formula is C25H25FN2O4. The van der Waals surface area contributed by atoms with Crippen LogP contribution in [0.3, 0.4) is 0 Å². The fraction of sp³-hybridized carbons (Fsp3) is 0.320. The number of allylic oxidation sites excluding steroid dienone is 2. The number of para-hydroxylation sites is 1. The molecule has 0 radical (unpaired) electrons. The van der Waals surface area contributed by atoms with Crippen LogP contribution in [0, 0.1) is 11.7 Å². The summed E-state index contributed by atoms with van der Waals surface area (Å²) in [6, 6.07) is 11.4. The van der Waals surface area contributed by atoms with Gasteiger partial charge in [0.1, 0.15) is 5.82 Å². The number of halogens is 1. The summed E-state index contributed by atoms with van der Waals surface area (Å²) in [5.41, 5.74) is 2.71. The van der Waals surface area contributed by atoms with Crippen LogP contribution in [-0.2, 0) is 9.59 Å². The van der Waals surface area contributed by atoms with E-state index >= 15 is 0 Å². The summed E-state index contributed by atoms with van der Waals surface area (Å²) in [5.74, 6) is -1.22. The number of carbonyl (C=O) groups is 2. The minimum Gasteiger partial charge on any atom is -0.493 e. The van der Waals surface area contributed by atoms with Crippen LogP contribution in [0.2, 0.25) is 0 Å². The maximum atomic E-state index is 14.2. The lowest BCUT2D eigenvalue weighted by Crippen LogP contribution is -2.39. The number of Topliss-reactive ketones (excluding diaryl/α,β-unsaturated/α-hetero) is 1. The average Bonchev–Trinajstić information content (AvgIpc) is 2.79. The summed E-state index contributed by atoms with van der Waals surface area (Å²) in [4.78, 5) is 31.1. The molecule has 166 valence electrons. The molecule has 1 heterocycles. The molecule has 0 fully saturated rings. The summed E-state index contributed by atoms with van der Waals surface area (Å²) < 4.78 is 25.0. The molecule has 0 saturated carbocycles. The molecule has 2 aromatic carbocycles. The Labute approximate surface area is 186 Å². The van der Waals surface area contributed by atoms with Gasteiger partial charge in [0.2, 0.25) is 5.91 Å². The molecule has 2 aliphatic rings. The maximum absolute atomic E-state index is 14.2. The minimum atomic E-state index is -0.770. The average molecular weight is 436 g/mol. The first-order valence-electron chi connectivity index (χ1n) is 10.5. The molecule has 32 heavy (non-hydrogen) atoms. The zero-order chi connectivity index (χ0) is 22.8. The third-order valence-electron chi connectivity index (χ3n) is 6.02. The van der Waals surface area contributed by atoms with Crippen molar-refractivity contribution in [1.29, 1.82) is 0 Å². The molecule has 1 unspecified atom stereocenters. The normalized spacial score (nSPS) is 20.4. The van der Waals surface area contributed by atoms with E-state index in [-0.39, 0.29) is 11.5 Å². The van der Waals surface area contributed by atoms with E-state index in [4.69, 9.17) is 9.47 Å². The van der Waals surface area contributed by atoms with E-state index in [9.17, 15) is 14.0 Å². The second kappa shape index (κ2) is 8.94. The molecule has 1 N–H and O–H groups in total. The third kappa shape index (κ3) is 3.90. The van der Waals surface area contributed by atoms with Gasteiger partial charge in [0.25, 0.3) is 0 Å². The quantitative estimate of drug-likeness (QED) is 0.739. The highest BCUT2D eigenvalue weighted by Gasteiger charge is 2.42. The van der Waals surface area contributed by atoms with Gasteiger partial charge in [0.15, 0.2) is 17.3 Å². The number of nitrogens with zero attached hydrogens (tertiary/aromatic N) is 1. The molecule has 0 aromatic heterocycles. The van der Waals surface area contributed by atoms with Gasteiger partial charge in [-0.15, -0.1) is 0 Å². The molecule has 0 saturated heterocycles. The maximum Gasteiger partial charge on any atom is 0.234 e. The summed E-state index contributed by atoms with van der Waals surface area (Å²) in [5, 5.41) is 2.69. The Bertz CT molecular complexity index is 1140. The lowest BCUT2D eigenvalue weighted by Gasteiger charge is -2.35. The number of anilines is 1. The largest absolute Gasteiger partial charge is 0.493 e. The monoisotopic (exact) mass is 436 g/mol. The Morgan fingerprint density at radius 2 is 1.84 bits per heavy atom. The number of carbonyl (C=O) groups excluding carboxylic acids is 2. The van der Waals surface area contributed by atoms with Crippen LogP contribution < -0.4 is 14.8 Å². The highest BCUT2D eigenvalue weighted by molar-refractivity contribution is 6.13. The SMILES string of the molecule is COc1ccc([C@@H]2C3=C(CCCC3=O)N=C(C)C2C(=O)Nc2ccccc2F)cc1OC. The molecular weight excluding hydrogens is 411 g/mol. The van der Waals surface area contributed by atoms with Gasteiger partial charge in [-0.25, -0.2) is 4.39 Å². The smallest absolute Gasteiger partial charge is 0.234 e. The molecule has 0 spiro atoms. The number of ketones is 1. The van der Waals surface area contributed by atoms with Gasteiger partial charge < -0.3 is 14.8 Å². The van der Waals surface area contributed by atoms with Crippen LogP contribution in [-0.4, -0.2) is 31.6 Å². The predicted molar refractivity (Wildman–Crippen MR) is 120 cm³/mol. The molecule has 2 atom stereocenters. The molecule has 4 rings (SSSR count). The van der Waals surface area contributed by atoms with Crippen molar-refractivity contribution in [3.63, 3.8) is 0 Å². The van der Waals surface area contributed by atoms with Gasteiger partial charge in [-0.3, -0.25) is 14.6 Å². The summed E-state index contributed by atoms with van der Waals surface area (Å²) >= 11 is 0. The van der Waals surface area contributed by atoms with Crippen LogP contribution in [0.1, 0.15) is 37.7 Å². The van der Waals surface area contributed by atoms with Gasteiger partial charge in [0.05, 0.1) is 25.8 Å². The molecule has 1 aliphatic heterocycles. The highest BCUT2D eigenvalue weighted by atomic mass is 19.1. The van der Waals surface area contributed by atoms with E-state index in [1.807, 2.05) is 6.07 Å². The Morgan fingerprint density at radius 3 is 2.56 bits per heavy atom. The highest BCUT2D eigenvalue weighted by Crippen LogP contribution is 2.45. The van der Waals surface area contributed by atoms with Crippen LogP contribution in [0.5, 0.6) is 11.5 Å². The number of rotatable bonds is 5. The van der Waals surface area contributed by atoms with E-state index in [0.717, 1.165) is 17.7 Å². The molecule has 2 aromatic rings. The van der Waals surface area contributed by atoms with Crippen molar-refractivity contribution in [2.45, 2.75) is 32.1 Å². The van der Waals surface area contributed by atoms with Crippen LogP contribution in [0.15, 0.2) is 58.7 Å². The van der Waals surface area contributed by atoms with Crippen molar-refractivity contribution in [2.24, 2.45) is 10.9 Å². The number of amides is 1. The minimum absolute atomic E-state index is 0.00836. The van der Waals surface area contributed by atoms with Crippen LogP contribution in [0.4, 0.5) is 10.1 Å². The Hall–Kier alpha value is -3.48. The molecule has 6 nitrogen and oxygen atoms in total. The van der Waals surface area contributed by atoms with E-state index < -0.39 is 23.6 Å². The van der Waals surface area contributed by atoms with Gasteiger partial charge in [-0.1, -0.05) is 18.2 Å². The van der Waals surface area contributed by atoms with E-state index in [0.29, 0.717) is 35.6 Å². The van der Waals surface area contributed by atoms with Crippen molar-refractivity contribution in [1.82, 2.24) is 0 Å². The fourth-order valence-electron chi connectivity index (χ4n) is 4.53. The Balaban J connectivity index is 1.82. The second-order valence-corrected chi connectivity index (χ2v) is 7.93. The first-order valence-corrected chi connectivity index (χ1v) is 10.5. The summed E-state index contributed by atoms with van der Waals surface area (Å²) in [6.45, 7) is 1.78. The summed E-state index contributed by atoms with van der Waals surface area (Å²) in [6.07, 6.45) is 1.84. The molecule has 1 aliphatic carbocycles. The van der Waals surface area contributed by atoms with Crippen molar-refractivity contribution in [3.8, 4) is 11.5 Å². The summed E-state index contributed by atoms with van der Waals surface area (Å²) in [7, 11) is 3.08. The van der Waals surface area contributed by atoms with Crippen molar-refractivity contribution in [3.05, 3.63) is 65.1 Å². The second-order valence-electron chi connectivity index (χ2n) is 7.93. The fourth-order valence-corrected chi connectivity index (χ4v) is 4.53. The number of benzene rings is 2. The van der Waals surface area contributed by atoms with E-state index in [2.05, 4.69) is 10.3 Å². The zero-order valence-corrected chi connectivity index (χ0v) is 18.3. The van der Waals surface area contributed by atoms with Gasteiger partial charge in [-0.05, 0) is 49.6 Å². The number of ether oxygens (including phenoxy) is 2. The number of methoxy groups -OCH3 is 2. The molecule has 0 bridgehead atoms. The third-order valence-corrected chi connectivity index (χ3v) is 6.02. The number of hydrogen-bond acceptors (Lipinski definition) is 5. The van der Waals surface area contributed by atoms with E-state index in [1.54, 1.807) is 38.3 Å². The van der Waals surface area contributed by atoms with Crippen molar-refractivity contribution < 1.29 is 23.5 Å². The lowest BCUT2D eigenvalue weighted by atomic mass is 9.71. The van der Waals surface area contributed by atoms with Crippen molar-refractivity contribution in [2.75, 3.05) is 19.5 Å². The molecule has 1 amide bonds. The Morgan fingerprint density at radius 1 is 1.09 bits per heavy atom. The standard InChI is InChI=1S/C25H25FN2O4/c1-14-22(25(30)28-17-8-5-4-7-16(17)26)23(24-18(27-14)9-6-10-19(24)29)15-11-12-20(31-2)21(13-15)32-3/h4-5,7-8,11-13,22-23H,6,9-10H2,1-3H3,(H,28,30)/t22?,23-/m0/s1. The zero-order valence-electron chi connectivity index (χ0n) is 18.3. The van der Waals surface area contributed by atoms with Crippen molar-refractivity contribution >= 4 is 23.1 Å².